The molecule has 0 spiro atoms. The summed E-state index contributed by atoms with van der Waals surface area (Å²) in [6.45, 7) is 7.11. The van der Waals surface area contributed by atoms with Gasteiger partial charge in [0, 0.05) is 26.2 Å². The molecule has 1 unspecified atom stereocenters. The molecule has 0 bridgehead atoms. The van der Waals surface area contributed by atoms with E-state index in [1.54, 1.807) is 0 Å². The van der Waals surface area contributed by atoms with Gasteiger partial charge in [-0.1, -0.05) is 85.8 Å². The lowest BCUT2D eigenvalue weighted by atomic mass is 9.96. The van der Waals surface area contributed by atoms with Crippen molar-refractivity contribution in [1.82, 2.24) is 9.80 Å². The van der Waals surface area contributed by atoms with Crippen LogP contribution in [0, 0.1) is 6.92 Å². The van der Waals surface area contributed by atoms with E-state index in [0.717, 1.165) is 24.4 Å². The predicted molar refractivity (Wildman–Crippen MR) is 129 cm³/mol. The van der Waals surface area contributed by atoms with Crippen LogP contribution in [-0.2, 0) is 4.79 Å². The summed E-state index contributed by atoms with van der Waals surface area (Å²) < 4.78 is 6.12. The van der Waals surface area contributed by atoms with Gasteiger partial charge < -0.3 is 9.64 Å². The molecule has 1 aliphatic rings. The normalized spacial score (nSPS) is 15.5. The Labute approximate surface area is 191 Å². The number of benzene rings is 3. The van der Waals surface area contributed by atoms with E-state index < -0.39 is 6.10 Å². The Kier molecular flexibility index (Phi) is 7.23. The van der Waals surface area contributed by atoms with Gasteiger partial charge in [-0.2, -0.15) is 0 Å². The maximum absolute atomic E-state index is 13.2. The minimum Gasteiger partial charge on any atom is -0.480 e. The van der Waals surface area contributed by atoms with Crippen LogP contribution in [-0.4, -0.2) is 48.0 Å². The van der Waals surface area contributed by atoms with Crippen molar-refractivity contribution in [2.75, 3.05) is 26.2 Å². The maximum Gasteiger partial charge on any atom is 0.263 e. The van der Waals surface area contributed by atoms with E-state index in [1.807, 2.05) is 43.0 Å². The molecule has 166 valence electrons. The van der Waals surface area contributed by atoms with Crippen LogP contribution in [0.3, 0.4) is 0 Å². The van der Waals surface area contributed by atoms with E-state index in [0.29, 0.717) is 19.5 Å². The molecule has 3 aromatic carbocycles. The van der Waals surface area contributed by atoms with Crippen molar-refractivity contribution in [3.05, 3.63) is 102 Å². The number of ether oxygens (including phenoxy) is 1. The van der Waals surface area contributed by atoms with Crippen LogP contribution < -0.4 is 4.74 Å². The number of carbonyl (C=O) groups excluding carboxylic acids is 1. The molecular weight excluding hydrogens is 396 g/mol. The van der Waals surface area contributed by atoms with Gasteiger partial charge in [0.2, 0.25) is 0 Å². The molecule has 0 saturated carbocycles. The third-order valence-electron chi connectivity index (χ3n) is 6.23. The van der Waals surface area contributed by atoms with Gasteiger partial charge >= 0.3 is 0 Å². The van der Waals surface area contributed by atoms with Gasteiger partial charge in [0.05, 0.1) is 6.04 Å². The topological polar surface area (TPSA) is 32.8 Å². The molecule has 1 saturated heterocycles. The number of piperazine rings is 1. The summed E-state index contributed by atoms with van der Waals surface area (Å²) >= 11 is 0. The third-order valence-corrected chi connectivity index (χ3v) is 6.23. The van der Waals surface area contributed by atoms with Gasteiger partial charge in [0.15, 0.2) is 6.10 Å². The van der Waals surface area contributed by atoms with E-state index in [2.05, 4.69) is 65.6 Å². The highest BCUT2D eigenvalue weighted by molar-refractivity contribution is 5.81. The molecule has 4 rings (SSSR count). The first-order valence-electron chi connectivity index (χ1n) is 11.5. The van der Waals surface area contributed by atoms with E-state index in [9.17, 15) is 4.79 Å². The number of carbonyl (C=O) groups is 1. The Morgan fingerprint density at radius 2 is 1.34 bits per heavy atom. The lowest BCUT2D eigenvalue weighted by Crippen LogP contribution is -2.53. The zero-order chi connectivity index (χ0) is 22.3. The van der Waals surface area contributed by atoms with Crippen molar-refractivity contribution in [3.8, 4) is 5.75 Å². The van der Waals surface area contributed by atoms with E-state index >= 15 is 0 Å². The standard InChI is InChI=1S/C28H32N2O2/c1-3-25(32-26-17-11-10-12-22(26)2)28(31)30-20-18-29(19-21-30)27(23-13-6-4-7-14-23)24-15-8-5-9-16-24/h4-17,25,27H,3,18-21H2,1-2H3. The quantitative estimate of drug-likeness (QED) is 0.526. The largest absolute Gasteiger partial charge is 0.480 e. The number of rotatable bonds is 7. The second kappa shape index (κ2) is 10.5. The molecule has 32 heavy (non-hydrogen) atoms. The molecule has 1 amide bonds. The predicted octanol–water partition coefficient (Wildman–Crippen LogP) is 5.09. The second-order valence-corrected chi connectivity index (χ2v) is 8.37. The van der Waals surface area contributed by atoms with Gasteiger partial charge in [-0.05, 0) is 36.1 Å². The van der Waals surface area contributed by atoms with Gasteiger partial charge in [-0.25, -0.2) is 0 Å². The Balaban J connectivity index is 1.45. The Bertz CT molecular complexity index is 959. The minimum absolute atomic E-state index is 0.0892. The SMILES string of the molecule is CCC(Oc1ccccc1C)C(=O)N1CCN(C(c2ccccc2)c2ccccc2)CC1. The van der Waals surface area contributed by atoms with Crippen molar-refractivity contribution in [2.45, 2.75) is 32.4 Å². The molecule has 1 fully saturated rings. The van der Waals surface area contributed by atoms with E-state index in [4.69, 9.17) is 4.74 Å². The highest BCUT2D eigenvalue weighted by atomic mass is 16.5. The summed E-state index contributed by atoms with van der Waals surface area (Å²) in [5, 5.41) is 0. The van der Waals surface area contributed by atoms with Gasteiger partial charge in [0.1, 0.15) is 5.75 Å². The van der Waals surface area contributed by atoms with Gasteiger partial charge in [-0.15, -0.1) is 0 Å². The molecule has 4 heteroatoms. The van der Waals surface area contributed by atoms with Crippen LogP contribution in [0.1, 0.15) is 36.1 Å². The molecule has 4 nitrogen and oxygen atoms in total. The lowest BCUT2D eigenvalue weighted by Gasteiger charge is -2.40. The number of aryl methyl sites for hydroxylation is 1. The number of para-hydroxylation sites is 1. The highest BCUT2D eigenvalue weighted by Crippen LogP contribution is 2.29. The van der Waals surface area contributed by atoms with E-state index in [1.165, 1.54) is 11.1 Å². The van der Waals surface area contributed by atoms with Crippen molar-refractivity contribution >= 4 is 5.91 Å². The Morgan fingerprint density at radius 1 is 0.812 bits per heavy atom. The first kappa shape index (κ1) is 22.1. The smallest absolute Gasteiger partial charge is 0.263 e. The zero-order valence-electron chi connectivity index (χ0n) is 19.0. The minimum atomic E-state index is -0.443. The van der Waals surface area contributed by atoms with Crippen LogP contribution in [0.25, 0.3) is 0 Å². The lowest BCUT2D eigenvalue weighted by molar-refractivity contribution is -0.140. The molecule has 0 N–H and O–H groups in total. The molecule has 3 aromatic rings. The fourth-order valence-electron chi connectivity index (χ4n) is 4.44. The summed E-state index contributed by atoms with van der Waals surface area (Å²) in [6.07, 6.45) is 0.214. The molecule has 1 heterocycles. The molecule has 1 aliphatic heterocycles. The number of hydrogen-bond donors (Lipinski definition) is 0. The molecule has 0 aliphatic carbocycles. The monoisotopic (exact) mass is 428 g/mol. The number of amides is 1. The first-order chi connectivity index (χ1) is 15.7. The summed E-state index contributed by atoms with van der Waals surface area (Å²) in [5.41, 5.74) is 3.62. The van der Waals surface area contributed by atoms with Gasteiger partial charge in [-0.3, -0.25) is 9.69 Å². The maximum atomic E-state index is 13.2. The van der Waals surface area contributed by atoms with Crippen molar-refractivity contribution in [3.63, 3.8) is 0 Å². The average Bonchev–Trinajstić information content (AvgIpc) is 2.85. The van der Waals surface area contributed by atoms with Crippen LogP contribution >= 0.6 is 0 Å². The van der Waals surface area contributed by atoms with Crippen molar-refractivity contribution in [1.29, 1.82) is 0 Å². The third kappa shape index (κ3) is 5.03. The van der Waals surface area contributed by atoms with Crippen molar-refractivity contribution in [2.24, 2.45) is 0 Å². The highest BCUT2D eigenvalue weighted by Gasteiger charge is 2.31. The summed E-state index contributed by atoms with van der Waals surface area (Å²) in [6, 6.07) is 29.4. The molecular formula is C28H32N2O2. The number of nitrogens with zero attached hydrogens (tertiary/aromatic N) is 2. The van der Waals surface area contributed by atoms with Gasteiger partial charge in [0.25, 0.3) is 5.91 Å². The van der Waals surface area contributed by atoms with Crippen molar-refractivity contribution < 1.29 is 9.53 Å². The summed E-state index contributed by atoms with van der Waals surface area (Å²) in [7, 11) is 0. The van der Waals surface area contributed by atoms with Crippen LogP contribution in [0.4, 0.5) is 0 Å². The summed E-state index contributed by atoms with van der Waals surface area (Å²) in [4.78, 5) is 17.7. The Morgan fingerprint density at radius 3 is 1.88 bits per heavy atom. The van der Waals surface area contributed by atoms with Crippen LogP contribution in [0.5, 0.6) is 5.75 Å². The Hall–Kier alpha value is -3.11. The van der Waals surface area contributed by atoms with E-state index in [-0.39, 0.29) is 11.9 Å². The molecule has 0 radical (unpaired) electrons. The fraction of sp³-hybridized carbons (Fsp3) is 0.321. The molecule has 1 atom stereocenters. The molecule has 0 aromatic heterocycles. The van der Waals surface area contributed by atoms with Crippen LogP contribution in [0.15, 0.2) is 84.9 Å². The fourth-order valence-corrected chi connectivity index (χ4v) is 4.44. The average molecular weight is 429 g/mol. The van der Waals surface area contributed by atoms with Crippen LogP contribution in [0.2, 0.25) is 0 Å². The zero-order valence-corrected chi connectivity index (χ0v) is 19.0. The number of hydrogen-bond acceptors (Lipinski definition) is 3. The second-order valence-electron chi connectivity index (χ2n) is 8.37. The first-order valence-corrected chi connectivity index (χ1v) is 11.5. The summed E-state index contributed by atoms with van der Waals surface area (Å²) in [5.74, 6) is 0.880.